The Bertz CT molecular complexity index is 764. The van der Waals surface area contributed by atoms with E-state index in [4.69, 9.17) is 34.8 Å². The van der Waals surface area contributed by atoms with Gasteiger partial charge in [-0.1, -0.05) is 34.8 Å². The van der Waals surface area contributed by atoms with Gasteiger partial charge in [-0.3, -0.25) is 4.72 Å². The Morgan fingerprint density at radius 1 is 1.05 bits per heavy atom. The Balaban J connectivity index is 2.34. The molecule has 0 atom stereocenters. The predicted molar refractivity (Wildman–Crippen MR) is 86.1 cm³/mol. The lowest BCUT2D eigenvalue weighted by atomic mass is 10.3. The van der Waals surface area contributed by atoms with Gasteiger partial charge in [0, 0.05) is 13.2 Å². The molecule has 21 heavy (non-hydrogen) atoms. The van der Waals surface area contributed by atoms with Crippen molar-refractivity contribution >= 4 is 56.3 Å². The van der Waals surface area contributed by atoms with Crippen LogP contribution in [0.5, 0.6) is 0 Å². The number of hydrogen-bond acceptors (Lipinski definition) is 4. The molecule has 0 fully saturated rings. The van der Waals surface area contributed by atoms with Crippen LogP contribution in [0.4, 0.5) is 11.5 Å². The highest BCUT2D eigenvalue weighted by Gasteiger charge is 2.17. The number of nitrogens with one attached hydrogen (secondary N) is 2. The zero-order chi connectivity index (χ0) is 15.6. The van der Waals surface area contributed by atoms with Gasteiger partial charge in [0.25, 0.3) is 10.0 Å². The molecule has 0 spiro atoms. The number of rotatable bonds is 4. The molecule has 0 radical (unpaired) electrons. The Kier molecular flexibility index (Phi) is 4.83. The first-order chi connectivity index (χ1) is 9.83. The lowest BCUT2D eigenvalue weighted by Gasteiger charge is -2.11. The highest BCUT2D eigenvalue weighted by molar-refractivity contribution is 7.92. The second-order valence-corrected chi connectivity index (χ2v) is 6.88. The molecule has 1 aromatic carbocycles. The topological polar surface area (TPSA) is 71.1 Å². The fraction of sp³-hybridized carbons (Fsp3) is 0.0833. The Morgan fingerprint density at radius 2 is 1.71 bits per heavy atom. The molecule has 1 aromatic heterocycles. The van der Waals surface area contributed by atoms with E-state index in [1.807, 2.05) is 0 Å². The lowest BCUT2D eigenvalue weighted by Crippen LogP contribution is -2.13. The molecule has 0 amide bonds. The normalized spacial score (nSPS) is 11.2. The molecule has 0 bridgehead atoms. The zero-order valence-electron chi connectivity index (χ0n) is 10.7. The number of halogens is 3. The van der Waals surface area contributed by atoms with Crippen LogP contribution < -0.4 is 10.0 Å². The minimum Gasteiger partial charge on any atom is -0.373 e. The van der Waals surface area contributed by atoms with Crippen molar-refractivity contribution < 1.29 is 8.42 Å². The summed E-state index contributed by atoms with van der Waals surface area (Å²) in [6.07, 6.45) is 1.24. The molecule has 112 valence electrons. The summed E-state index contributed by atoms with van der Waals surface area (Å²) in [6, 6.07) is 5.68. The average molecular weight is 367 g/mol. The van der Waals surface area contributed by atoms with Crippen LogP contribution in [0, 0.1) is 0 Å². The van der Waals surface area contributed by atoms with E-state index in [1.165, 1.54) is 24.4 Å². The van der Waals surface area contributed by atoms with Crippen LogP contribution in [0.2, 0.25) is 15.1 Å². The van der Waals surface area contributed by atoms with Gasteiger partial charge in [0.1, 0.15) is 10.7 Å². The summed E-state index contributed by atoms with van der Waals surface area (Å²) in [5.74, 6) is 0.557. The lowest BCUT2D eigenvalue weighted by molar-refractivity contribution is 0.601. The van der Waals surface area contributed by atoms with Crippen molar-refractivity contribution in [3.05, 3.63) is 45.5 Å². The SMILES string of the molecule is CNc1ccc(S(=O)(=O)Nc2cc(Cl)c(Cl)cc2Cl)cn1. The van der Waals surface area contributed by atoms with Gasteiger partial charge in [0.15, 0.2) is 0 Å². The molecule has 0 aliphatic heterocycles. The molecule has 0 saturated heterocycles. The molecule has 2 aromatic rings. The Labute approximate surface area is 137 Å². The van der Waals surface area contributed by atoms with Gasteiger partial charge in [-0.25, -0.2) is 13.4 Å². The van der Waals surface area contributed by atoms with Gasteiger partial charge in [0.2, 0.25) is 0 Å². The largest absolute Gasteiger partial charge is 0.373 e. The number of benzene rings is 1. The minimum atomic E-state index is -3.82. The summed E-state index contributed by atoms with van der Waals surface area (Å²) in [6.45, 7) is 0. The van der Waals surface area contributed by atoms with Crippen molar-refractivity contribution in [2.75, 3.05) is 17.1 Å². The summed E-state index contributed by atoms with van der Waals surface area (Å²) in [7, 11) is -2.13. The van der Waals surface area contributed by atoms with Gasteiger partial charge >= 0.3 is 0 Å². The molecule has 2 rings (SSSR count). The van der Waals surface area contributed by atoms with Crippen molar-refractivity contribution in [3.8, 4) is 0 Å². The van der Waals surface area contributed by atoms with Crippen LogP contribution in [0.15, 0.2) is 35.4 Å². The fourth-order valence-corrected chi connectivity index (χ4v) is 3.16. The van der Waals surface area contributed by atoms with Gasteiger partial charge in [-0.2, -0.15) is 0 Å². The summed E-state index contributed by atoms with van der Waals surface area (Å²) < 4.78 is 26.8. The maximum absolute atomic E-state index is 12.2. The number of nitrogens with zero attached hydrogens (tertiary/aromatic N) is 1. The van der Waals surface area contributed by atoms with E-state index in [-0.39, 0.29) is 25.7 Å². The minimum absolute atomic E-state index is 0.00337. The van der Waals surface area contributed by atoms with E-state index in [9.17, 15) is 8.42 Å². The number of pyridine rings is 1. The van der Waals surface area contributed by atoms with Crippen molar-refractivity contribution in [2.45, 2.75) is 4.90 Å². The van der Waals surface area contributed by atoms with E-state index < -0.39 is 10.0 Å². The van der Waals surface area contributed by atoms with Crippen LogP contribution in [-0.2, 0) is 10.0 Å². The fourth-order valence-electron chi connectivity index (χ4n) is 1.49. The standard InChI is InChI=1S/C12H10Cl3N3O2S/c1-16-12-3-2-7(6-17-12)21(19,20)18-11-5-9(14)8(13)4-10(11)15/h2-6,18H,1H3,(H,16,17). The second-order valence-electron chi connectivity index (χ2n) is 3.98. The van der Waals surface area contributed by atoms with Crippen LogP contribution in [0.25, 0.3) is 0 Å². The van der Waals surface area contributed by atoms with E-state index in [2.05, 4.69) is 15.0 Å². The first kappa shape index (κ1) is 16.2. The maximum atomic E-state index is 12.2. The first-order valence-electron chi connectivity index (χ1n) is 5.64. The van der Waals surface area contributed by atoms with E-state index in [0.717, 1.165) is 0 Å². The second kappa shape index (κ2) is 6.27. The van der Waals surface area contributed by atoms with Crippen LogP contribution in [-0.4, -0.2) is 20.4 Å². The monoisotopic (exact) mass is 365 g/mol. The van der Waals surface area contributed by atoms with Gasteiger partial charge in [-0.05, 0) is 24.3 Å². The third-order valence-electron chi connectivity index (χ3n) is 2.56. The summed E-state index contributed by atoms with van der Waals surface area (Å²) in [5, 5.41) is 3.38. The summed E-state index contributed by atoms with van der Waals surface area (Å²) in [5.41, 5.74) is 0.142. The highest BCUT2D eigenvalue weighted by Crippen LogP contribution is 2.33. The molecular formula is C12H10Cl3N3O2S. The Morgan fingerprint density at radius 3 is 2.29 bits per heavy atom. The van der Waals surface area contributed by atoms with Gasteiger partial charge < -0.3 is 5.32 Å². The van der Waals surface area contributed by atoms with Crippen molar-refractivity contribution in [2.24, 2.45) is 0 Å². The molecule has 2 N–H and O–H groups in total. The molecule has 9 heteroatoms. The van der Waals surface area contributed by atoms with Crippen LogP contribution in [0.1, 0.15) is 0 Å². The molecule has 5 nitrogen and oxygen atoms in total. The van der Waals surface area contributed by atoms with Gasteiger partial charge in [-0.15, -0.1) is 0 Å². The van der Waals surface area contributed by atoms with Gasteiger partial charge in [0.05, 0.1) is 20.8 Å². The molecule has 1 heterocycles. The smallest absolute Gasteiger partial charge is 0.263 e. The molecule has 0 aliphatic rings. The summed E-state index contributed by atoms with van der Waals surface area (Å²) >= 11 is 17.6. The molecular weight excluding hydrogens is 357 g/mol. The van der Waals surface area contributed by atoms with E-state index in [1.54, 1.807) is 13.1 Å². The van der Waals surface area contributed by atoms with Crippen LogP contribution in [0.3, 0.4) is 0 Å². The van der Waals surface area contributed by atoms with Crippen molar-refractivity contribution in [1.82, 2.24) is 4.98 Å². The van der Waals surface area contributed by atoms with E-state index >= 15 is 0 Å². The van der Waals surface area contributed by atoms with Crippen LogP contribution >= 0.6 is 34.8 Å². The van der Waals surface area contributed by atoms with Crippen molar-refractivity contribution in [3.63, 3.8) is 0 Å². The maximum Gasteiger partial charge on any atom is 0.263 e. The zero-order valence-corrected chi connectivity index (χ0v) is 13.8. The highest BCUT2D eigenvalue weighted by atomic mass is 35.5. The third-order valence-corrected chi connectivity index (χ3v) is 4.94. The van der Waals surface area contributed by atoms with E-state index in [0.29, 0.717) is 5.82 Å². The quantitative estimate of drug-likeness (QED) is 0.805. The molecule has 0 unspecified atom stereocenters. The number of anilines is 2. The molecule has 0 saturated carbocycles. The number of hydrogen-bond donors (Lipinski definition) is 2. The molecule has 0 aliphatic carbocycles. The number of sulfonamides is 1. The predicted octanol–water partition coefficient (Wildman–Crippen LogP) is 3.88. The first-order valence-corrected chi connectivity index (χ1v) is 8.26. The average Bonchev–Trinajstić information content (AvgIpc) is 2.44. The van der Waals surface area contributed by atoms with Crippen molar-refractivity contribution in [1.29, 1.82) is 0 Å². The Hall–Kier alpha value is -1.21. The summed E-state index contributed by atoms with van der Waals surface area (Å²) in [4.78, 5) is 3.95. The number of aromatic nitrogens is 1. The third kappa shape index (κ3) is 3.71.